The first kappa shape index (κ1) is 17.1. The van der Waals surface area contributed by atoms with Gasteiger partial charge in [0.05, 0.1) is 11.4 Å². The van der Waals surface area contributed by atoms with Crippen LogP contribution in [0.25, 0.3) is 0 Å². The zero-order valence-electron chi connectivity index (χ0n) is 13.9. The Morgan fingerprint density at radius 1 is 1.12 bits per heavy atom. The quantitative estimate of drug-likeness (QED) is 0.682. The summed E-state index contributed by atoms with van der Waals surface area (Å²) in [5, 5.41) is 9.63. The van der Waals surface area contributed by atoms with Crippen LogP contribution in [0.3, 0.4) is 0 Å². The van der Waals surface area contributed by atoms with Gasteiger partial charge in [-0.15, -0.1) is 0 Å². The van der Waals surface area contributed by atoms with E-state index < -0.39 is 0 Å². The number of para-hydroxylation sites is 1. The monoisotopic (exact) mass is 356 g/mol. The number of nitrogens with zero attached hydrogens (tertiary/aromatic N) is 1. The Morgan fingerprint density at radius 3 is 2.48 bits per heavy atom. The Labute approximate surface area is 150 Å². The summed E-state index contributed by atoms with van der Waals surface area (Å²) in [5.41, 5.74) is 2.17. The molecule has 25 heavy (non-hydrogen) atoms. The normalized spacial score (nSPS) is 10.6. The zero-order valence-corrected chi connectivity index (χ0v) is 14.8. The number of hydrogen-bond donors (Lipinski definition) is 2. The molecule has 1 heterocycles. The predicted octanol–water partition coefficient (Wildman–Crippen LogP) is 3.25. The second-order valence-electron chi connectivity index (χ2n) is 5.71. The van der Waals surface area contributed by atoms with Crippen molar-refractivity contribution in [3.8, 4) is 11.6 Å². The number of likely N-dealkylation sites (N-methyl/N-ethyl adjacent to an activating group) is 1. The van der Waals surface area contributed by atoms with E-state index in [4.69, 9.17) is 4.74 Å². The molecule has 5 nitrogen and oxygen atoms in total. The van der Waals surface area contributed by atoms with Crippen molar-refractivity contribution < 1.29 is 9.84 Å². The van der Waals surface area contributed by atoms with E-state index in [1.807, 2.05) is 49.5 Å². The first-order valence-electron chi connectivity index (χ1n) is 8.00. The van der Waals surface area contributed by atoms with Crippen LogP contribution < -0.4 is 14.5 Å². The van der Waals surface area contributed by atoms with Gasteiger partial charge in [-0.2, -0.15) is 0 Å². The molecule has 0 atom stereocenters. The molecular formula is C19H20N2O3S. The lowest BCUT2D eigenvalue weighted by Crippen LogP contribution is -2.23. The maximum atomic E-state index is 11.2. The molecular weight excluding hydrogens is 336 g/mol. The van der Waals surface area contributed by atoms with Crippen LogP contribution in [0.2, 0.25) is 0 Å². The molecule has 0 aliphatic carbocycles. The second-order valence-corrected chi connectivity index (χ2v) is 6.78. The minimum Gasteiger partial charge on any atom is -0.494 e. The van der Waals surface area contributed by atoms with Crippen LogP contribution in [0, 0.1) is 0 Å². The van der Waals surface area contributed by atoms with Crippen molar-refractivity contribution in [1.29, 1.82) is 0 Å². The summed E-state index contributed by atoms with van der Waals surface area (Å²) >= 11 is 1.03. The molecule has 0 saturated heterocycles. The summed E-state index contributed by atoms with van der Waals surface area (Å²) in [6.45, 7) is 1.38. The fourth-order valence-corrected chi connectivity index (χ4v) is 3.23. The van der Waals surface area contributed by atoms with Crippen molar-refractivity contribution in [3.63, 3.8) is 0 Å². The molecule has 0 unspecified atom stereocenters. The Bertz CT molecular complexity index is 856. The molecule has 0 amide bonds. The lowest BCUT2D eigenvalue weighted by Gasteiger charge is -2.19. The SMILES string of the molecule is CN(CCOc1ccc(Cc2sc(=O)[nH]c2O)cc1)c1ccccc1. The van der Waals surface area contributed by atoms with Gasteiger partial charge in [0, 0.05) is 19.2 Å². The van der Waals surface area contributed by atoms with Gasteiger partial charge in [0.25, 0.3) is 0 Å². The molecule has 0 aliphatic heterocycles. The molecule has 0 bridgehead atoms. The molecule has 3 aromatic rings. The number of nitrogens with one attached hydrogen (secondary N) is 1. The largest absolute Gasteiger partial charge is 0.494 e. The van der Waals surface area contributed by atoms with E-state index in [1.54, 1.807) is 0 Å². The van der Waals surface area contributed by atoms with Crippen LogP contribution in [0.15, 0.2) is 59.4 Å². The first-order valence-corrected chi connectivity index (χ1v) is 8.82. The van der Waals surface area contributed by atoms with Gasteiger partial charge in [-0.1, -0.05) is 41.7 Å². The van der Waals surface area contributed by atoms with E-state index >= 15 is 0 Å². The van der Waals surface area contributed by atoms with Crippen molar-refractivity contribution in [1.82, 2.24) is 4.98 Å². The Morgan fingerprint density at radius 2 is 1.84 bits per heavy atom. The van der Waals surface area contributed by atoms with Gasteiger partial charge in [0.15, 0.2) is 0 Å². The molecule has 1 aromatic heterocycles. The Balaban J connectivity index is 1.51. The number of ether oxygens (including phenoxy) is 1. The van der Waals surface area contributed by atoms with Gasteiger partial charge >= 0.3 is 4.87 Å². The summed E-state index contributed by atoms with van der Waals surface area (Å²) in [6.07, 6.45) is 0.520. The van der Waals surface area contributed by atoms with Crippen molar-refractivity contribution in [2.45, 2.75) is 6.42 Å². The van der Waals surface area contributed by atoms with Crippen molar-refractivity contribution in [3.05, 3.63) is 74.7 Å². The lowest BCUT2D eigenvalue weighted by atomic mass is 10.1. The molecule has 130 valence electrons. The number of aromatic hydroxyl groups is 1. The number of hydrogen-bond acceptors (Lipinski definition) is 5. The third-order valence-electron chi connectivity index (χ3n) is 3.88. The maximum Gasteiger partial charge on any atom is 0.307 e. The molecule has 2 N–H and O–H groups in total. The highest BCUT2D eigenvalue weighted by Crippen LogP contribution is 2.21. The van der Waals surface area contributed by atoms with E-state index in [0.29, 0.717) is 17.9 Å². The number of anilines is 1. The highest BCUT2D eigenvalue weighted by Gasteiger charge is 2.07. The number of aromatic nitrogens is 1. The van der Waals surface area contributed by atoms with Crippen molar-refractivity contribution in [2.24, 2.45) is 0 Å². The fraction of sp³-hybridized carbons (Fsp3) is 0.211. The number of benzene rings is 2. The topological polar surface area (TPSA) is 65.6 Å². The smallest absolute Gasteiger partial charge is 0.307 e. The average Bonchev–Trinajstić information content (AvgIpc) is 2.94. The van der Waals surface area contributed by atoms with Gasteiger partial charge in [-0.25, -0.2) is 0 Å². The highest BCUT2D eigenvalue weighted by molar-refractivity contribution is 7.09. The number of aromatic amines is 1. The van der Waals surface area contributed by atoms with E-state index in [2.05, 4.69) is 22.0 Å². The zero-order chi connectivity index (χ0) is 17.6. The number of rotatable bonds is 7. The minimum absolute atomic E-state index is 0.0423. The molecule has 0 radical (unpaired) electrons. The summed E-state index contributed by atoms with van der Waals surface area (Å²) < 4.78 is 5.79. The third-order valence-corrected chi connectivity index (χ3v) is 4.75. The summed E-state index contributed by atoms with van der Waals surface area (Å²) in [7, 11) is 2.04. The molecule has 0 saturated carbocycles. The van der Waals surface area contributed by atoms with E-state index in [-0.39, 0.29) is 10.8 Å². The molecule has 0 aliphatic rings. The van der Waals surface area contributed by atoms with Crippen LogP contribution in [0.4, 0.5) is 5.69 Å². The van der Waals surface area contributed by atoms with E-state index in [1.165, 1.54) is 0 Å². The van der Waals surface area contributed by atoms with Crippen LogP contribution in [0.5, 0.6) is 11.6 Å². The van der Waals surface area contributed by atoms with Crippen molar-refractivity contribution in [2.75, 3.05) is 25.1 Å². The lowest BCUT2D eigenvalue weighted by molar-refractivity contribution is 0.326. The highest BCUT2D eigenvalue weighted by atomic mass is 32.1. The second kappa shape index (κ2) is 7.90. The van der Waals surface area contributed by atoms with Gasteiger partial charge in [0.2, 0.25) is 5.88 Å². The fourth-order valence-electron chi connectivity index (χ4n) is 2.47. The van der Waals surface area contributed by atoms with Crippen LogP contribution in [-0.2, 0) is 6.42 Å². The van der Waals surface area contributed by atoms with Gasteiger partial charge < -0.3 is 14.7 Å². The summed E-state index contributed by atoms with van der Waals surface area (Å²) in [6, 6.07) is 17.9. The van der Waals surface area contributed by atoms with Gasteiger partial charge in [0.1, 0.15) is 12.4 Å². The standard InChI is InChI=1S/C19H20N2O3S/c1-21(15-5-3-2-4-6-15)11-12-24-16-9-7-14(8-10-16)13-17-18(22)20-19(23)25-17/h2-10,22H,11-13H2,1H3,(H,20,23). The van der Waals surface area contributed by atoms with Crippen LogP contribution in [-0.4, -0.2) is 30.3 Å². The Kier molecular flexibility index (Phi) is 5.40. The average molecular weight is 356 g/mol. The maximum absolute atomic E-state index is 11.2. The van der Waals surface area contributed by atoms with Gasteiger partial charge in [-0.3, -0.25) is 9.78 Å². The predicted molar refractivity (Wildman–Crippen MR) is 101 cm³/mol. The van der Waals surface area contributed by atoms with Crippen molar-refractivity contribution >= 4 is 17.0 Å². The van der Waals surface area contributed by atoms with E-state index in [9.17, 15) is 9.90 Å². The van der Waals surface area contributed by atoms with E-state index in [0.717, 1.165) is 34.9 Å². The molecule has 3 rings (SSSR count). The first-order chi connectivity index (χ1) is 12.1. The number of thiazole rings is 1. The van der Waals surface area contributed by atoms with Crippen LogP contribution >= 0.6 is 11.3 Å². The Hall–Kier alpha value is -2.73. The third kappa shape index (κ3) is 4.64. The molecule has 0 spiro atoms. The minimum atomic E-state index is -0.241. The summed E-state index contributed by atoms with van der Waals surface area (Å²) in [4.78, 5) is 16.1. The summed E-state index contributed by atoms with van der Waals surface area (Å²) in [5.74, 6) is 0.760. The number of H-pyrrole nitrogens is 1. The van der Waals surface area contributed by atoms with Gasteiger partial charge in [-0.05, 0) is 29.8 Å². The molecule has 6 heteroatoms. The van der Waals surface area contributed by atoms with Crippen LogP contribution in [0.1, 0.15) is 10.4 Å². The molecule has 2 aromatic carbocycles. The molecule has 0 fully saturated rings.